The zero-order valence-electron chi connectivity index (χ0n) is 11.5. The third-order valence-corrected chi connectivity index (χ3v) is 3.30. The average molecular weight is 261 g/mol. The Morgan fingerprint density at radius 1 is 1.47 bits per heavy atom. The largest absolute Gasteiger partial charge is 0.350 e. The van der Waals surface area contributed by atoms with E-state index in [1.54, 1.807) is 6.20 Å². The maximum atomic E-state index is 11.8. The van der Waals surface area contributed by atoms with Crippen molar-refractivity contribution in [3.05, 3.63) is 34.9 Å². The number of carbonyl (C=O) groups is 1. The van der Waals surface area contributed by atoms with Gasteiger partial charge in [-0.25, -0.2) is 0 Å². The van der Waals surface area contributed by atoms with Crippen LogP contribution < -0.4 is 5.32 Å². The molecule has 0 saturated heterocycles. The van der Waals surface area contributed by atoms with Crippen molar-refractivity contribution in [1.29, 1.82) is 0 Å². The van der Waals surface area contributed by atoms with Gasteiger partial charge in [0.15, 0.2) is 0 Å². The van der Waals surface area contributed by atoms with Crippen LogP contribution in [0.15, 0.2) is 12.3 Å². The summed E-state index contributed by atoms with van der Waals surface area (Å²) in [6, 6.07) is 1.84. The van der Waals surface area contributed by atoms with Gasteiger partial charge in [-0.05, 0) is 31.9 Å². The second kappa shape index (κ2) is 5.69. The number of carbonyl (C=O) groups excluding carboxylic acids is 1. The summed E-state index contributed by atoms with van der Waals surface area (Å²) >= 11 is 0. The molecule has 0 aliphatic rings. The fourth-order valence-electron chi connectivity index (χ4n) is 2.08. The van der Waals surface area contributed by atoms with Gasteiger partial charge in [0.25, 0.3) is 0 Å². The van der Waals surface area contributed by atoms with Crippen LogP contribution in [-0.2, 0) is 24.8 Å². The number of nitrogens with zero attached hydrogens (tertiary/aromatic N) is 3. The fraction of sp³-hybridized carbons (Fsp3) is 0.462. The Kier molecular flexibility index (Phi) is 3.99. The van der Waals surface area contributed by atoms with Gasteiger partial charge >= 0.3 is 0 Å². The Labute approximate surface area is 112 Å². The van der Waals surface area contributed by atoms with Gasteiger partial charge in [0.2, 0.25) is 5.91 Å². The van der Waals surface area contributed by atoms with Crippen molar-refractivity contribution in [1.82, 2.24) is 25.3 Å². The third kappa shape index (κ3) is 3.21. The molecule has 0 atom stereocenters. The van der Waals surface area contributed by atoms with E-state index < -0.39 is 0 Å². The van der Waals surface area contributed by atoms with Gasteiger partial charge in [-0.3, -0.25) is 14.6 Å². The van der Waals surface area contributed by atoms with Crippen LogP contribution in [-0.4, -0.2) is 25.9 Å². The molecule has 2 N–H and O–H groups in total. The Morgan fingerprint density at radius 3 is 2.84 bits per heavy atom. The normalized spacial score (nSPS) is 10.7. The molecular formula is C13H19N5O. The summed E-state index contributed by atoms with van der Waals surface area (Å²) in [7, 11) is 1.92. The Bertz CT molecular complexity index is 556. The molecule has 102 valence electrons. The first-order valence-electron chi connectivity index (χ1n) is 6.32. The van der Waals surface area contributed by atoms with Crippen molar-refractivity contribution in [2.75, 3.05) is 0 Å². The van der Waals surface area contributed by atoms with Crippen LogP contribution in [0, 0.1) is 13.8 Å². The lowest BCUT2D eigenvalue weighted by Crippen LogP contribution is -2.23. The quantitative estimate of drug-likeness (QED) is 0.843. The van der Waals surface area contributed by atoms with E-state index in [0.717, 1.165) is 23.5 Å². The maximum Gasteiger partial charge on any atom is 0.220 e. The second-order valence-corrected chi connectivity index (χ2v) is 4.63. The standard InChI is InChI=1S/C13H19N5O/c1-9-12(10(2)18(3)17-9)4-5-13(19)14-8-11-6-7-15-16-11/h6-7H,4-5,8H2,1-3H3,(H,14,19)(H,15,16). The molecule has 2 heterocycles. The number of aromatic amines is 1. The van der Waals surface area contributed by atoms with Crippen LogP contribution >= 0.6 is 0 Å². The molecule has 0 saturated carbocycles. The number of nitrogens with one attached hydrogen (secondary N) is 2. The molecule has 2 aromatic heterocycles. The van der Waals surface area contributed by atoms with Crippen molar-refractivity contribution in [2.45, 2.75) is 33.2 Å². The van der Waals surface area contributed by atoms with E-state index in [1.165, 1.54) is 5.56 Å². The molecule has 0 unspecified atom stereocenters. The Balaban J connectivity index is 1.83. The summed E-state index contributed by atoms with van der Waals surface area (Å²) < 4.78 is 1.85. The second-order valence-electron chi connectivity index (χ2n) is 4.63. The number of amides is 1. The van der Waals surface area contributed by atoms with Crippen molar-refractivity contribution in [2.24, 2.45) is 7.05 Å². The van der Waals surface area contributed by atoms with Gasteiger partial charge in [-0.2, -0.15) is 10.2 Å². The molecule has 19 heavy (non-hydrogen) atoms. The molecule has 0 fully saturated rings. The number of rotatable bonds is 5. The van der Waals surface area contributed by atoms with Gasteiger partial charge in [-0.1, -0.05) is 0 Å². The van der Waals surface area contributed by atoms with E-state index in [9.17, 15) is 4.79 Å². The summed E-state index contributed by atoms with van der Waals surface area (Å²) in [4.78, 5) is 11.8. The first-order valence-corrected chi connectivity index (χ1v) is 6.32. The zero-order valence-corrected chi connectivity index (χ0v) is 11.5. The van der Waals surface area contributed by atoms with Crippen LogP contribution in [0.1, 0.15) is 29.1 Å². The molecule has 2 aromatic rings. The topological polar surface area (TPSA) is 75.6 Å². The maximum absolute atomic E-state index is 11.8. The van der Waals surface area contributed by atoms with Gasteiger partial charge in [0.05, 0.1) is 17.9 Å². The molecule has 0 spiro atoms. The summed E-state index contributed by atoms with van der Waals surface area (Å²) in [5.41, 5.74) is 4.20. The van der Waals surface area contributed by atoms with E-state index in [0.29, 0.717) is 13.0 Å². The number of hydrogen-bond donors (Lipinski definition) is 2. The summed E-state index contributed by atoms with van der Waals surface area (Å²) in [6.07, 6.45) is 2.87. The number of aromatic nitrogens is 4. The van der Waals surface area contributed by atoms with Crippen molar-refractivity contribution in [3.63, 3.8) is 0 Å². The molecule has 0 aromatic carbocycles. The van der Waals surface area contributed by atoms with E-state index in [2.05, 4.69) is 20.6 Å². The average Bonchev–Trinajstić information content (AvgIpc) is 2.96. The predicted molar refractivity (Wildman–Crippen MR) is 71.4 cm³/mol. The Morgan fingerprint density at radius 2 is 2.26 bits per heavy atom. The number of aryl methyl sites for hydroxylation is 2. The monoisotopic (exact) mass is 261 g/mol. The summed E-state index contributed by atoms with van der Waals surface area (Å²) in [5, 5.41) is 13.9. The third-order valence-electron chi connectivity index (χ3n) is 3.30. The van der Waals surface area contributed by atoms with Crippen molar-refractivity contribution >= 4 is 5.91 Å². The van der Waals surface area contributed by atoms with Crippen LogP contribution in [0.25, 0.3) is 0 Å². The highest BCUT2D eigenvalue weighted by atomic mass is 16.1. The van der Waals surface area contributed by atoms with Gasteiger partial charge in [-0.15, -0.1) is 0 Å². The first kappa shape index (κ1) is 13.3. The lowest BCUT2D eigenvalue weighted by molar-refractivity contribution is -0.121. The van der Waals surface area contributed by atoms with Gasteiger partial charge in [0.1, 0.15) is 0 Å². The van der Waals surface area contributed by atoms with E-state index in [-0.39, 0.29) is 5.91 Å². The molecule has 2 rings (SSSR count). The molecule has 0 radical (unpaired) electrons. The van der Waals surface area contributed by atoms with Crippen LogP contribution in [0.4, 0.5) is 0 Å². The zero-order chi connectivity index (χ0) is 13.8. The summed E-state index contributed by atoms with van der Waals surface area (Å²) in [5.74, 6) is 0.0391. The molecule has 6 nitrogen and oxygen atoms in total. The van der Waals surface area contributed by atoms with E-state index >= 15 is 0 Å². The summed E-state index contributed by atoms with van der Waals surface area (Å²) in [6.45, 7) is 4.49. The fourth-order valence-corrected chi connectivity index (χ4v) is 2.08. The SMILES string of the molecule is Cc1nn(C)c(C)c1CCC(=O)NCc1ccn[nH]1. The molecule has 0 bridgehead atoms. The number of hydrogen-bond acceptors (Lipinski definition) is 3. The van der Waals surface area contributed by atoms with Crippen molar-refractivity contribution in [3.8, 4) is 0 Å². The number of H-pyrrole nitrogens is 1. The molecule has 0 aliphatic heterocycles. The van der Waals surface area contributed by atoms with Gasteiger partial charge < -0.3 is 5.32 Å². The predicted octanol–water partition coefficient (Wildman–Crippen LogP) is 1.01. The van der Waals surface area contributed by atoms with Gasteiger partial charge in [0, 0.05) is 25.4 Å². The molecule has 6 heteroatoms. The minimum Gasteiger partial charge on any atom is -0.350 e. The highest BCUT2D eigenvalue weighted by Crippen LogP contribution is 2.13. The molecular weight excluding hydrogens is 242 g/mol. The van der Waals surface area contributed by atoms with E-state index in [1.807, 2.05) is 31.6 Å². The van der Waals surface area contributed by atoms with Crippen LogP contribution in [0.3, 0.4) is 0 Å². The smallest absolute Gasteiger partial charge is 0.220 e. The first-order chi connectivity index (χ1) is 9.08. The lowest BCUT2D eigenvalue weighted by Gasteiger charge is -2.04. The lowest BCUT2D eigenvalue weighted by atomic mass is 10.1. The molecule has 1 amide bonds. The Hall–Kier alpha value is -2.11. The van der Waals surface area contributed by atoms with E-state index in [4.69, 9.17) is 0 Å². The highest BCUT2D eigenvalue weighted by molar-refractivity contribution is 5.76. The minimum atomic E-state index is 0.0391. The highest BCUT2D eigenvalue weighted by Gasteiger charge is 2.11. The van der Waals surface area contributed by atoms with Crippen LogP contribution in [0.5, 0.6) is 0 Å². The minimum absolute atomic E-state index is 0.0391. The van der Waals surface area contributed by atoms with Crippen molar-refractivity contribution < 1.29 is 4.79 Å². The van der Waals surface area contributed by atoms with Crippen LogP contribution in [0.2, 0.25) is 0 Å². The molecule has 0 aliphatic carbocycles.